The van der Waals surface area contributed by atoms with Crippen LogP contribution in [0.5, 0.6) is 5.75 Å². The van der Waals surface area contributed by atoms with Gasteiger partial charge in [-0.15, -0.1) is 0 Å². The molecule has 3 aromatic rings. The monoisotopic (exact) mass is 381 g/mol. The van der Waals surface area contributed by atoms with Crippen molar-refractivity contribution < 1.29 is 13.5 Å². The fourth-order valence-corrected chi connectivity index (χ4v) is 3.80. The van der Waals surface area contributed by atoms with Gasteiger partial charge in [-0.25, -0.2) is 9.18 Å². The molecule has 0 radical (unpaired) electrons. The summed E-state index contributed by atoms with van der Waals surface area (Å²) in [6.07, 6.45) is 2.91. The van der Waals surface area contributed by atoms with Crippen molar-refractivity contribution in [2.24, 2.45) is 0 Å². The first kappa shape index (κ1) is 18.5. The van der Waals surface area contributed by atoms with Crippen LogP contribution in [0, 0.1) is 19.7 Å². The lowest BCUT2D eigenvalue weighted by atomic mass is 9.98. The number of aryl methyl sites for hydroxylation is 3. The zero-order chi connectivity index (χ0) is 19.8. The molecule has 0 N–H and O–H groups in total. The van der Waals surface area contributed by atoms with Crippen molar-refractivity contribution in [3.8, 4) is 5.75 Å². The average molecular weight is 381 g/mol. The zero-order valence-electron chi connectivity index (χ0n) is 16.5. The standard InChI is InChI=1S/C23H24FNO3/c1-4-5-6-16-10-21(26)28-23-15(3)22-17(9-19(16)23)12-25(13-27-22)18-8-7-14(2)20(24)11-18/h7-11H,4-6,12-13H2,1-3H3. The Morgan fingerprint density at radius 1 is 1.18 bits per heavy atom. The Labute approximate surface area is 163 Å². The van der Waals surface area contributed by atoms with Gasteiger partial charge in [0, 0.05) is 34.8 Å². The van der Waals surface area contributed by atoms with Crippen LogP contribution in [0.1, 0.15) is 42.0 Å². The molecule has 1 aliphatic heterocycles. The smallest absolute Gasteiger partial charge is 0.336 e. The molecule has 0 spiro atoms. The number of hydrogen-bond acceptors (Lipinski definition) is 4. The molecule has 2 aromatic carbocycles. The lowest BCUT2D eigenvalue weighted by Crippen LogP contribution is -2.32. The van der Waals surface area contributed by atoms with Crippen LogP contribution in [-0.4, -0.2) is 6.73 Å². The SMILES string of the molecule is CCCCc1cc(=O)oc2c(C)c3c(cc12)CN(c1ccc(C)c(F)c1)CO3. The van der Waals surface area contributed by atoms with Crippen LogP contribution in [0.15, 0.2) is 39.5 Å². The van der Waals surface area contributed by atoms with Crippen molar-refractivity contribution in [1.82, 2.24) is 0 Å². The van der Waals surface area contributed by atoms with Crippen LogP contribution in [0.4, 0.5) is 10.1 Å². The summed E-state index contributed by atoms with van der Waals surface area (Å²) >= 11 is 0. The molecule has 4 nitrogen and oxygen atoms in total. The van der Waals surface area contributed by atoms with Crippen molar-refractivity contribution in [2.45, 2.75) is 46.6 Å². The number of unbranched alkanes of at least 4 members (excludes halogenated alkanes) is 1. The molecule has 0 saturated heterocycles. The van der Waals surface area contributed by atoms with Gasteiger partial charge in [0.2, 0.25) is 0 Å². The van der Waals surface area contributed by atoms with Gasteiger partial charge in [-0.05, 0) is 56.0 Å². The van der Waals surface area contributed by atoms with E-state index in [0.717, 1.165) is 52.8 Å². The van der Waals surface area contributed by atoms with Crippen molar-refractivity contribution in [3.05, 3.63) is 68.8 Å². The van der Waals surface area contributed by atoms with Gasteiger partial charge in [-0.2, -0.15) is 0 Å². The molecular formula is C23H24FNO3. The van der Waals surface area contributed by atoms with Crippen molar-refractivity contribution in [1.29, 1.82) is 0 Å². The van der Waals surface area contributed by atoms with Crippen LogP contribution < -0.4 is 15.3 Å². The fourth-order valence-electron chi connectivity index (χ4n) is 3.80. The van der Waals surface area contributed by atoms with Gasteiger partial charge in [-0.3, -0.25) is 0 Å². The van der Waals surface area contributed by atoms with E-state index in [1.807, 2.05) is 17.9 Å². The summed E-state index contributed by atoms with van der Waals surface area (Å²) in [6, 6.07) is 8.89. The van der Waals surface area contributed by atoms with Gasteiger partial charge in [0.15, 0.2) is 6.73 Å². The quantitative estimate of drug-likeness (QED) is 0.579. The first-order valence-corrected chi connectivity index (χ1v) is 9.71. The third-order valence-electron chi connectivity index (χ3n) is 5.42. The van der Waals surface area contributed by atoms with E-state index < -0.39 is 0 Å². The van der Waals surface area contributed by atoms with E-state index in [0.29, 0.717) is 24.4 Å². The second-order valence-corrected chi connectivity index (χ2v) is 7.47. The molecule has 4 rings (SSSR count). The van der Waals surface area contributed by atoms with Crippen LogP contribution in [0.3, 0.4) is 0 Å². The number of ether oxygens (including phenoxy) is 1. The topological polar surface area (TPSA) is 42.7 Å². The summed E-state index contributed by atoms with van der Waals surface area (Å²) in [4.78, 5) is 14.0. The molecule has 1 aromatic heterocycles. The summed E-state index contributed by atoms with van der Waals surface area (Å²) < 4.78 is 25.5. The molecule has 2 heterocycles. The minimum atomic E-state index is -0.325. The van der Waals surface area contributed by atoms with Gasteiger partial charge in [0.1, 0.15) is 17.1 Å². The second kappa shape index (κ2) is 7.30. The summed E-state index contributed by atoms with van der Waals surface area (Å²) in [5, 5.41) is 0.963. The Hall–Kier alpha value is -2.82. The molecule has 0 aliphatic carbocycles. The number of fused-ring (bicyclic) bond motifs is 2. The van der Waals surface area contributed by atoms with E-state index in [1.54, 1.807) is 25.1 Å². The van der Waals surface area contributed by atoms with Gasteiger partial charge in [0.25, 0.3) is 0 Å². The number of rotatable bonds is 4. The summed E-state index contributed by atoms with van der Waals surface area (Å²) in [7, 11) is 0. The van der Waals surface area contributed by atoms with E-state index in [-0.39, 0.29) is 11.4 Å². The molecule has 1 aliphatic rings. The lowest BCUT2D eigenvalue weighted by molar-refractivity contribution is 0.287. The molecule has 0 atom stereocenters. The molecule has 5 heteroatoms. The molecule has 0 bridgehead atoms. The largest absolute Gasteiger partial charge is 0.472 e. The molecular weight excluding hydrogens is 357 g/mol. The van der Waals surface area contributed by atoms with Crippen LogP contribution in [0.25, 0.3) is 11.0 Å². The molecule has 0 fully saturated rings. The van der Waals surface area contributed by atoms with E-state index in [9.17, 15) is 9.18 Å². The first-order valence-electron chi connectivity index (χ1n) is 9.71. The Balaban J connectivity index is 1.78. The summed E-state index contributed by atoms with van der Waals surface area (Å²) in [5.41, 5.74) is 4.57. The Morgan fingerprint density at radius 2 is 2.00 bits per heavy atom. The van der Waals surface area contributed by atoms with Gasteiger partial charge < -0.3 is 14.1 Å². The zero-order valence-corrected chi connectivity index (χ0v) is 16.5. The molecule has 28 heavy (non-hydrogen) atoms. The van der Waals surface area contributed by atoms with E-state index >= 15 is 0 Å². The highest BCUT2D eigenvalue weighted by Crippen LogP contribution is 2.37. The maximum absolute atomic E-state index is 14.0. The lowest BCUT2D eigenvalue weighted by Gasteiger charge is -2.32. The van der Waals surface area contributed by atoms with E-state index in [2.05, 4.69) is 13.0 Å². The second-order valence-electron chi connectivity index (χ2n) is 7.47. The molecule has 0 unspecified atom stereocenters. The highest BCUT2D eigenvalue weighted by Gasteiger charge is 2.23. The number of halogens is 1. The Kier molecular flexibility index (Phi) is 4.84. The highest BCUT2D eigenvalue weighted by atomic mass is 19.1. The van der Waals surface area contributed by atoms with Crippen molar-refractivity contribution >= 4 is 16.7 Å². The first-order chi connectivity index (χ1) is 13.5. The minimum absolute atomic E-state index is 0.221. The number of benzene rings is 2. The fraction of sp³-hybridized carbons (Fsp3) is 0.348. The number of anilines is 1. The van der Waals surface area contributed by atoms with Crippen molar-refractivity contribution in [2.75, 3.05) is 11.6 Å². The van der Waals surface area contributed by atoms with Gasteiger partial charge >= 0.3 is 5.63 Å². The maximum Gasteiger partial charge on any atom is 0.336 e. The highest BCUT2D eigenvalue weighted by molar-refractivity contribution is 5.86. The normalized spacial score (nSPS) is 13.5. The van der Waals surface area contributed by atoms with Gasteiger partial charge in [-0.1, -0.05) is 19.4 Å². The van der Waals surface area contributed by atoms with Crippen molar-refractivity contribution in [3.63, 3.8) is 0 Å². The predicted molar refractivity (Wildman–Crippen MR) is 109 cm³/mol. The third kappa shape index (κ3) is 3.26. The van der Waals surface area contributed by atoms with Crippen LogP contribution in [-0.2, 0) is 13.0 Å². The minimum Gasteiger partial charge on any atom is -0.472 e. The summed E-state index contributed by atoms with van der Waals surface area (Å²) in [5.74, 6) is 0.536. The summed E-state index contributed by atoms with van der Waals surface area (Å²) in [6.45, 7) is 6.74. The van der Waals surface area contributed by atoms with Gasteiger partial charge in [0.05, 0.1) is 0 Å². The van der Waals surface area contributed by atoms with Crippen LogP contribution >= 0.6 is 0 Å². The van der Waals surface area contributed by atoms with E-state index in [1.165, 1.54) is 0 Å². The Bertz CT molecular complexity index is 1100. The third-order valence-corrected chi connectivity index (χ3v) is 5.42. The number of hydrogen-bond donors (Lipinski definition) is 0. The predicted octanol–water partition coefficient (Wildman–Crippen LogP) is 5.25. The van der Waals surface area contributed by atoms with Crippen LogP contribution in [0.2, 0.25) is 0 Å². The number of nitrogens with zero attached hydrogens (tertiary/aromatic N) is 1. The maximum atomic E-state index is 14.0. The Morgan fingerprint density at radius 3 is 2.75 bits per heavy atom. The molecule has 146 valence electrons. The molecule has 0 saturated carbocycles. The van der Waals surface area contributed by atoms with E-state index in [4.69, 9.17) is 9.15 Å². The molecule has 0 amide bonds. The average Bonchev–Trinajstić information content (AvgIpc) is 2.69.